The Labute approximate surface area is 173 Å². The van der Waals surface area contributed by atoms with E-state index >= 15 is 0 Å². The van der Waals surface area contributed by atoms with E-state index in [1.54, 1.807) is 0 Å². The first-order chi connectivity index (χ1) is 14.3. The molecule has 0 radical (unpaired) electrons. The van der Waals surface area contributed by atoms with E-state index in [2.05, 4.69) is 16.5 Å². The Bertz CT molecular complexity index is 1190. The molecule has 0 saturated heterocycles. The van der Waals surface area contributed by atoms with Crippen molar-refractivity contribution in [3.8, 4) is 6.07 Å². The van der Waals surface area contributed by atoms with Gasteiger partial charge in [0.25, 0.3) is 5.09 Å². The predicted octanol–water partition coefficient (Wildman–Crippen LogP) is 2.02. The van der Waals surface area contributed by atoms with E-state index in [4.69, 9.17) is 4.52 Å². The highest BCUT2D eigenvalue weighted by Gasteiger charge is 2.46. The van der Waals surface area contributed by atoms with Crippen LogP contribution in [-0.2, 0) is 41.3 Å². The van der Waals surface area contributed by atoms with Crippen molar-refractivity contribution >= 4 is 21.7 Å². The number of carbonyl (C=O) groups excluding carboxylic acids is 1. The van der Waals surface area contributed by atoms with Crippen LogP contribution in [0, 0.1) is 11.3 Å². The molecule has 30 heavy (non-hydrogen) atoms. The Balaban J connectivity index is 1.41. The molecule has 156 valence electrons. The van der Waals surface area contributed by atoms with Gasteiger partial charge in [0.1, 0.15) is 11.3 Å². The number of hydrogen-bond acceptors (Lipinski definition) is 7. The maximum atomic E-state index is 12.6. The molecule has 1 fully saturated rings. The molecule has 1 saturated carbocycles. The summed E-state index contributed by atoms with van der Waals surface area (Å²) in [7, 11) is -4.29. The monoisotopic (exact) mass is 428 g/mol. The van der Waals surface area contributed by atoms with Crippen molar-refractivity contribution in [3.05, 3.63) is 39.6 Å². The van der Waals surface area contributed by atoms with Gasteiger partial charge in [0, 0.05) is 11.8 Å². The van der Waals surface area contributed by atoms with Gasteiger partial charge in [0.2, 0.25) is 0 Å². The third-order valence-electron chi connectivity index (χ3n) is 6.17. The lowest BCUT2D eigenvalue weighted by Gasteiger charge is -2.17. The van der Waals surface area contributed by atoms with E-state index in [0.717, 1.165) is 72.4 Å². The fourth-order valence-electron chi connectivity index (χ4n) is 4.53. The molecule has 0 aliphatic heterocycles. The molecule has 1 aromatic heterocycles. The van der Waals surface area contributed by atoms with Crippen LogP contribution in [0.2, 0.25) is 0 Å². The van der Waals surface area contributed by atoms with Crippen LogP contribution in [0.3, 0.4) is 0 Å². The van der Waals surface area contributed by atoms with Crippen LogP contribution in [0.1, 0.15) is 59.2 Å². The standard InChI is InChI=1S/C20H20N4O5S/c21-10-15-11-3-1-5-13(11)18(14-6-2-4-12(14)15)22-19(25)24-30(27,28)17-9-16(23-29-17)20(26)7-8-20/h9,26H,1-8H2,(H2,22,24,25). The molecule has 2 amide bonds. The third kappa shape index (κ3) is 2.97. The minimum Gasteiger partial charge on any atom is -0.383 e. The SMILES string of the molecule is N#Cc1c2c(c(NC(=O)NS(=O)(=O)c3cc(C4(O)CC4)no3)c3c1CCC3)CCC2. The molecule has 3 aliphatic rings. The summed E-state index contributed by atoms with van der Waals surface area (Å²) in [4.78, 5) is 12.6. The van der Waals surface area contributed by atoms with Gasteiger partial charge in [0.05, 0.1) is 11.6 Å². The normalized spacial score (nSPS) is 18.4. The number of hydrogen-bond donors (Lipinski definition) is 3. The van der Waals surface area contributed by atoms with Gasteiger partial charge in [-0.15, -0.1) is 0 Å². The number of fused-ring (bicyclic) bond motifs is 2. The van der Waals surface area contributed by atoms with Crippen molar-refractivity contribution in [2.24, 2.45) is 0 Å². The molecule has 0 unspecified atom stereocenters. The summed E-state index contributed by atoms with van der Waals surface area (Å²) in [6.45, 7) is 0. The van der Waals surface area contributed by atoms with E-state index in [1.165, 1.54) is 0 Å². The number of sulfonamides is 1. The van der Waals surface area contributed by atoms with Crippen LogP contribution in [0.5, 0.6) is 0 Å². The molecular weight excluding hydrogens is 408 g/mol. The van der Waals surface area contributed by atoms with Gasteiger partial charge in [0.15, 0.2) is 0 Å². The molecule has 5 rings (SSSR count). The summed E-state index contributed by atoms with van der Waals surface area (Å²) >= 11 is 0. The Morgan fingerprint density at radius 1 is 1.13 bits per heavy atom. The Morgan fingerprint density at radius 3 is 2.30 bits per heavy atom. The lowest BCUT2D eigenvalue weighted by molar-refractivity contribution is 0.140. The number of rotatable bonds is 4. The first-order valence-electron chi connectivity index (χ1n) is 9.95. The van der Waals surface area contributed by atoms with E-state index in [9.17, 15) is 23.6 Å². The van der Waals surface area contributed by atoms with Crippen LogP contribution in [0.15, 0.2) is 15.7 Å². The van der Waals surface area contributed by atoms with Crippen molar-refractivity contribution < 1.29 is 22.8 Å². The number of aliphatic hydroxyl groups is 1. The molecule has 0 atom stereocenters. The number of carbonyl (C=O) groups is 1. The summed E-state index contributed by atoms with van der Waals surface area (Å²) in [6, 6.07) is 2.56. The molecule has 1 aromatic carbocycles. The molecule has 0 bridgehead atoms. The highest BCUT2D eigenvalue weighted by molar-refractivity contribution is 7.89. The minimum atomic E-state index is -4.29. The van der Waals surface area contributed by atoms with Crippen LogP contribution < -0.4 is 10.0 Å². The molecule has 3 N–H and O–H groups in total. The van der Waals surface area contributed by atoms with Crippen LogP contribution in [-0.4, -0.2) is 24.7 Å². The van der Waals surface area contributed by atoms with Gasteiger partial charge in [-0.2, -0.15) is 13.7 Å². The lowest BCUT2D eigenvalue weighted by Crippen LogP contribution is -2.34. The van der Waals surface area contributed by atoms with Crippen molar-refractivity contribution in [2.45, 2.75) is 62.1 Å². The summed E-state index contributed by atoms with van der Waals surface area (Å²) < 4.78 is 31.9. The van der Waals surface area contributed by atoms with E-state index in [-0.39, 0.29) is 5.69 Å². The van der Waals surface area contributed by atoms with Crippen molar-refractivity contribution in [1.29, 1.82) is 5.26 Å². The quantitative estimate of drug-likeness (QED) is 0.675. The number of nitriles is 1. The Hall–Kier alpha value is -2.90. The molecule has 9 nitrogen and oxygen atoms in total. The predicted molar refractivity (Wildman–Crippen MR) is 104 cm³/mol. The first-order valence-corrected chi connectivity index (χ1v) is 11.4. The maximum Gasteiger partial charge on any atom is 0.333 e. The summed E-state index contributed by atoms with van der Waals surface area (Å²) in [6.07, 6.45) is 5.81. The molecule has 10 heteroatoms. The third-order valence-corrected chi connectivity index (χ3v) is 7.35. The molecule has 3 aliphatic carbocycles. The van der Waals surface area contributed by atoms with Crippen LogP contribution in [0.25, 0.3) is 0 Å². The number of benzene rings is 1. The van der Waals surface area contributed by atoms with Crippen LogP contribution in [0.4, 0.5) is 10.5 Å². The van der Waals surface area contributed by atoms with Gasteiger partial charge < -0.3 is 14.9 Å². The number of amides is 2. The topological polar surface area (TPSA) is 145 Å². The molecule has 2 aromatic rings. The molecule has 1 heterocycles. The molecular formula is C20H20N4O5S. The van der Waals surface area contributed by atoms with Crippen molar-refractivity contribution in [3.63, 3.8) is 0 Å². The summed E-state index contributed by atoms with van der Waals surface area (Å²) in [5.74, 6) is 0. The van der Waals surface area contributed by atoms with Crippen molar-refractivity contribution in [2.75, 3.05) is 5.32 Å². The number of urea groups is 1. The van der Waals surface area contributed by atoms with Crippen molar-refractivity contribution in [1.82, 2.24) is 9.88 Å². The van der Waals surface area contributed by atoms with E-state index < -0.39 is 26.7 Å². The highest BCUT2D eigenvalue weighted by atomic mass is 32.2. The number of aromatic nitrogens is 1. The van der Waals surface area contributed by atoms with E-state index in [1.807, 2.05) is 4.72 Å². The zero-order chi connectivity index (χ0) is 21.1. The second kappa shape index (κ2) is 6.55. The average Bonchev–Trinajstić information content (AvgIpc) is 3.19. The Kier molecular flexibility index (Phi) is 4.17. The lowest BCUT2D eigenvalue weighted by atomic mass is 9.93. The fourth-order valence-corrected chi connectivity index (χ4v) is 5.33. The van der Waals surface area contributed by atoms with E-state index in [0.29, 0.717) is 18.5 Å². The molecule has 0 spiro atoms. The van der Waals surface area contributed by atoms with Gasteiger partial charge in [-0.3, -0.25) is 0 Å². The number of nitrogens with zero attached hydrogens (tertiary/aromatic N) is 2. The minimum absolute atomic E-state index is 0.144. The zero-order valence-corrected chi connectivity index (χ0v) is 16.9. The summed E-state index contributed by atoms with van der Waals surface area (Å²) in [5.41, 5.74) is 4.15. The second-order valence-corrected chi connectivity index (χ2v) is 9.72. The smallest absolute Gasteiger partial charge is 0.333 e. The van der Waals surface area contributed by atoms with Crippen LogP contribution >= 0.6 is 0 Å². The highest BCUT2D eigenvalue weighted by Crippen LogP contribution is 2.45. The average molecular weight is 428 g/mol. The zero-order valence-electron chi connectivity index (χ0n) is 16.1. The van der Waals surface area contributed by atoms with Gasteiger partial charge >= 0.3 is 16.1 Å². The number of anilines is 1. The Morgan fingerprint density at radius 2 is 1.73 bits per heavy atom. The van der Waals surface area contributed by atoms with Gasteiger partial charge in [-0.1, -0.05) is 5.16 Å². The number of nitrogens with one attached hydrogen (secondary N) is 2. The first kappa shape index (κ1) is 19.1. The maximum absolute atomic E-state index is 12.6. The largest absolute Gasteiger partial charge is 0.383 e. The summed E-state index contributed by atoms with van der Waals surface area (Å²) in [5, 5.41) is 25.5. The van der Waals surface area contributed by atoms with Gasteiger partial charge in [-0.05, 0) is 73.6 Å². The van der Waals surface area contributed by atoms with Gasteiger partial charge in [-0.25, -0.2) is 9.52 Å². The fraction of sp³-hybridized carbons (Fsp3) is 0.450. The second-order valence-electron chi connectivity index (χ2n) is 8.11.